The maximum absolute atomic E-state index is 11.3. The largest absolute Gasteiger partial charge is 0.472 e. The van der Waals surface area contributed by atoms with Crippen molar-refractivity contribution in [3.8, 4) is 0 Å². The summed E-state index contributed by atoms with van der Waals surface area (Å²) in [6.07, 6.45) is -1.77. The Balaban J connectivity index is 4.91. The molecule has 0 saturated heterocycles. The lowest BCUT2D eigenvalue weighted by molar-refractivity contribution is 0.111. The zero-order valence-electron chi connectivity index (χ0n) is 7.67. The average Bonchev–Trinajstić information content (AvgIpc) is 1.96. The van der Waals surface area contributed by atoms with Crippen LogP contribution in [0.15, 0.2) is 0 Å². The van der Waals surface area contributed by atoms with Gasteiger partial charge in [0.25, 0.3) is 0 Å². The summed E-state index contributed by atoms with van der Waals surface area (Å²) >= 11 is 32.7. The van der Waals surface area contributed by atoms with E-state index in [0.29, 0.717) is 0 Å². The van der Waals surface area contributed by atoms with Crippen LogP contribution in [0.25, 0.3) is 0 Å². The summed E-state index contributed by atoms with van der Waals surface area (Å²) in [4.78, 5) is 9.17. The topological polar surface area (TPSA) is 55.8 Å². The van der Waals surface area contributed by atoms with Crippen LogP contribution in [0.3, 0.4) is 0 Å². The van der Waals surface area contributed by atoms with Gasteiger partial charge in [0.05, 0.1) is 6.61 Å². The highest BCUT2D eigenvalue weighted by molar-refractivity contribution is 7.47. The number of halogens is 6. The highest BCUT2D eigenvalue weighted by Crippen LogP contribution is 2.54. The van der Waals surface area contributed by atoms with Gasteiger partial charge in [-0.05, 0) is 6.92 Å². The molecule has 0 aromatic rings. The predicted molar refractivity (Wildman–Crippen MR) is 66.9 cm³/mol. The van der Waals surface area contributed by atoms with Gasteiger partial charge in [0.2, 0.25) is 7.59 Å². The summed E-state index contributed by atoms with van der Waals surface area (Å²) in [5.74, 6) is 0. The van der Waals surface area contributed by atoms with Crippen LogP contribution in [-0.4, -0.2) is 25.2 Å². The molecule has 98 valence electrons. The van der Waals surface area contributed by atoms with E-state index in [1.54, 1.807) is 0 Å². The van der Waals surface area contributed by atoms with Crippen LogP contribution >= 0.6 is 77.4 Å². The predicted octanol–water partition coefficient (Wildman–Crippen LogP) is 4.25. The van der Waals surface area contributed by atoms with Gasteiger partial charge >= 0.3 is 7.82 Å². The Morgan fingerprint density at radius 3 is 1.81 bits per heavy atom. The number of phosphoric ester groups is 1. The highest BCUT2D eigenvalue weighted by Gasteiger charge is 2.51. The lowest BCUT2D eigenvalue weighted by Gasteiger charge is -2.30. The summed E-state index contributed by atoms with van der Waals surface area (Å²) in [6.45, 7) is 1.37. The second-order valence-corrected chi connectivity index (χ2v) is 8.60. The van der Waals surface area contributed by atoms with E-state index in [-0.39, 0.29) is 6.61 Å². The van der Waals surface area contributed by atoms with Crippen molar-refractivity contribution in [2.75, 3.05) is 6.61 Å². The van der Waals surface area contributed by atoms with Gasteiger partial charge in [0.15, 0.2) is 6.10 Å². The Morgan fingerprint density at radius 1 is 1.19 bits per heavy atom. The molecule has 0 bridgehead atoms. The van der Waals surface area contributed by atoms with Crippen LogP contribution in [0, 0.1) is 0 Å². The monoisotopic (exact) mass is 372 g/mol. The van der Waals surface area contributed by atoms with E-state index in [9.17, 15) is 9.46 Å². The van der Waals surface area contributed by atoms with E-state index in [0.717, 1.165) is 0 Å². The lowest BCUT2D eigenvalue weighted by atomic mass is 10.4. The molecule has 4 nitrogen and oxygen atoms in total. The molecule has 0 heterocycles. The van der Waals surface area contributed by atoms with Crippen molar-refractivity contribution in [2.45, 2.75) is 20.6 Å². The quantitative estimate of drug-likeness (QED) is 0.590. The first kappa shape index (κ1) is 17.8. The number of hydrogen-bond donors (Lipinski definition) is 1. The summed E-state index contributed by atoms with van der Waals surface area (Å²) < 4.78 is 15.8. The van der Waals surface area contributed by atoms with Crippen molar-refractivity contribution in [1.29, 1.82) is 0 Å². The van der Waals surface area contributed by atoms with E-state index in [1.165, 1.54) is 6.92 Å². The van der Waals surface area contributed by atoms with Gasteiger partial charge in [0.1, 0.15) is 0 Å². The van der Waals surface area contributed by atoms with Gasteiger partial charge in [0, 0.05) is 0 Å². The first-order valence-electron chi connectivity index (χ1n) is 3.69. The fourth-order valence-electron chi connectivity index (χ4n) is 0.632. The average molecular weight is 375 g/mol. The van der Waals surface area contributed by atoms with E-state index in [1.807, 2.05) is 0 Å². The van der Waals surface area contributed by atoms with E-state index < -0.39 is 21.5 Å². The molecule has 0 aliphatic rings. The Kier molecular flexibility index (Phi) is 7.07. The molecule has 1 N–H and O–H groups in total. The van der Waals surface area contributed by atoms with Crippen LogP contribution in [-0.2, 0) is 13.6 Å². The first-order chi connectivity index (χ1) is 6.90. The molecular formula is C5H7Cl6O4P. The molecule has 0 aromatic heterocycles. The molecule has 16 heavy (non-hydrogen) atoms. The molecule has 0 amide bonds. The summed E-state index contributed by atoms with van der Waals surface area (Å²) in [6, 6.07) is 0. The highest BCUT2D eigenvalue weighted by atomic mass is 35.6. The van der Waals surface area contributed by atoms with Gasteiger partial charge in [-0.15, -0.1) is 0 Å². The van der Waals surface area contributed by atoms with Crippen molar-refractivity contribution in [1.82, 2.24) is 0 Å². The third-order valence-electron chi connectivity index (χ3n) is 1.13. The minimum atomic E-state index is -4.45. The Morgan fingerprint density at radius 2 is 1.56 bits per heavy atom. The summed E-state index contributed by atoms with van der Waals surface area (Å²) in [7, 11) is -4.45. The minimum Gasteiger partial charge on any atom is -0.302 e. The zero-order valence-corrected chi connectivity index (χ0v) is 13.1. The van der Waals surface area contributed by atoms with Gasteiger partial charge in [-0.3, -0.25) is 9.05 Å². The molecule has 0 rings (SSSR count). The Hall–Kier alpha value is 1.85. The maximum atomic E-state index is 11.3. The van der Waals surface area contributed by atoms with Crippen molar-refractivity contribution in [2.24, 2.45) is 0 Å². The number of hydrogen-bond acceptors (Lipinski definition) is 3. The zero-order chi connectivity index (χ0) is 13.2. The second-order valence-electron chi connectivity index (χ2n) is 2.46. The van der Waals surface area contributed by atoms with E-state index >= 15 is 0 Å². The fourth-order valence-corrected chi connectivity index (χ4v) is 3.73. The number of phosphoric acid groups is 1. The minimum absolute atomic E-state index is 0.0970. The van der Waals surface area contributed by atoms with E-state index in [4.69, 9.17) is 69.6 Å². The number of rotatable bonds is 4. The molecule has 0 radical (unpaired) electrons. The molecule has 11 heteroatoms. The number of alkyl halides is 6. The lowest BCUT2D eigenvalue weighted by Crippen LogP contribution is -2.39. The standard InChI is InChI=1S/C5H7Cl6O4P/c1-2-14-16(12,13)15-3(4(6,7)8)5(9,10)11/h3H,2H2,1H3,(H,12,13). The molecule has 0 fully saturated rings. The summed E-state index contributed by atoms with van der Waals surface area (Å²) in [5, 5.41) is 0. The van der Waals surface area contributed by atoms with Gasteiger partial charge in [-0.25, -0.2) is 4.57 Å². The van der Waals surface area contributed by atoms with Crippen molar-refractivity contribution in [3.05, 3.63) is 0 Å². The molecule has 0 aromatic carbocycles. The van der Waals surface area contributed by atoms with Gasteiger partial charge < -0.3 is 4.89 Å². The Labute approximate surface area is 123 Å². The van der Waals surface area contributed by atoms with E-state index in [2.05, 4.69) is 9.05 Å². The van der Waals surface area contributed by atoms with Crippen molar-refractivity contribution < 1.29 is 18.5 Å². The Bertz CT molecular complexity index is 259. The molecular weight excluding hydrogens is 368 g/mol. The van der Waals surface area contributed by atoms with Crippen molar-refractivity contribution >= 4 is 77.4 Å². The van der Waals surface area contributed by atoms with Crippen LogP contribution < -0.4 is 0 Å². The molecule has 0 aliphatic heterocycles. The third kappa shape index (κ3) is 6.69. The van der Waals surface area contributed by atoms with Crippen LogP contribution in [0.4, 0.5) is 0 Å². The van der Waals surface area contributed by atoms with Crippen LogP contribution in [0.2, 0.25) is 0 Å². The first-order valence-corrected chi connectivity index (χ1v) is 7.45. The van der Waals surface area contributed by atoms with Gasteiger partial charge in [-0.2, -0.15) is 0 Å². The third-order valence-corrected chi connectivity index (χ3v) is 3.38. The maximum Gasteiger partial charge on any atom is 0.472 e. The van der Waals surface area contributed by atoms with Crippen LogP contribution in [0.1, 0.15) is 6.92 Å². The second kappa shape index (κ2) is 6.33. The smallest absolute Gasteiger partial charge is 0.302 e. The SMILES string of the molecule is CCOP(=O)(O)OC(C(Cl)(Cl)Cl)C(Cl)(Cl)Cl. The molecule has 0 spiro atoms. The van der Waals surface area contributed by atoms with Crippen molar-refractivity contribution in [3.63, 3.8) is 0 Å². The molecule has 0 saturated carbocycles. The summed E-state index contributed by atoms with van der Waals surface area (Å²) in [5.41, 5.74) is 0. The molecule has 0 aliphatic carbocycles. The normalized spacial score (nSPS) is 17.6. The fraction of sp³-hybridized carbons (Fsp3) is 1.00. The molecule has 1 unspecified atom stereocenters. The van der Waals surface area contributed by atoms with Gasteiger partial charge in [-0.1, -0.05) is 69.6 Å². The van der Waals surface area contributed by atoms with Crippen LogP contribution in [0.5, 0.6) is 0 Å². The molecule has 1 atom stereocenters.